The van der Waals surface area contributed by atoms with Gasteiger partial charge in [0.1, 0.15) is 0 Å². The molecular formula is C16H15FN2O. The number of benzene rings is 2. The van der Waals surface area contributed by atoms with E-state index < -0.39 is 11.6 Å². The van der Waals surface area contributed by atoms with Crippen LogP contribution < -0.4 is 10.6 Å². The number of hydrogen-bond donors (Lipinski definition) is 2. The van der Waals surface area contributed by atoms with Crippen molar-refractivity contribution in [1.82, 2.24) is 5.32 Å². The van der Waals surface area contributed by atoms with E-state index in [4.69, 9.17) is 0 Å². The number of halogens is 1. The fourth-order valence-electron chi connectivity index (χ4n) is 2.20. The lowest BCUT2D eigenvalue weighted by atomic mass is 9.97. The van der Waals surface area contributed by atoms with Crippen LogP contribution in [0.5, 0.6) is 0 Å². The van der Waals surface area contributed by atoms with Gasteiger partial charge < -0.3 is 10.6 Å². The van der Waals surface area contributed by atoms with Gasteiger partial charge in [-0.15, -0.1) is 0 Å². The maximum atomic E-state index is 14.0. The van der Waals surface area contributed by atoms with Crippen molar-refractivity contribution < 1.29 is 9.18 Å². The summed E-state index contributed by atoms with van der Waals surface area (Å²) in [6.45, 7) is 0.151. The van der Waals surface area contributed by atoms with Gasteiger partial charge in [-0.25, -0.2) is 4.39 Å². The van der Waals surface area contributed by atoms with E-state index in [0.717, 1.165) is 11.1 Å². The van der Waals surface area contributed by atoms with Gasteiger partial charge in [-0.2, -0.15) is 0 Å². The third-order valence-electron chi connectivity index (χ3n) is 3.48. The number of amides is 1. The molecule has 102 valence electrons. The Balaban J connectivity index is 1.89. The first-order valence-electron chi connectivity index (χ1n) is 6.55. The number of hydrogen-bond acceptors (Lipinski definition) is 2. The number of nitrogens with one attached hydrogen (secondary N) is 2. The lowest BCUT2D eigenvalue weighted by molar-refractivity contribution is -0.130. The third-order valence-corrected chi connectivity index (χ3v) is 3.48. The summed E-state index contributed by atoms with van der Waals surface area (Å²) < 4.78 is 14.0. The minimum atomic E-state index is -1.79. The van der Waals surface area contributed by atoms with Gasteiger partial charge in [0.05, 0.1) is 0 Å². The van der Waals surface area contributed by atoms with Crippen molar-refractivity contribution in [3.05, 3.63) is 54.6 Å². The minimum Gasteiger partial charge on any atom is -0.323 e. The van der Waals surface area contributed by atoms with E-state index in [0.29, 0.717) is 5.69 Å². The number of para-hydroxylation sites is 1. The van der Waals surface area contributed by atoms with Crippen molar-refractivity contribution in [2.45, 2.75) is 5.67 Å². The molecule has 0 atom stereocenters. The molecule has 0 spiro atoms. The summed E-state index contributed by atoms with van der Waals surface area (Å²) in [5.74, 6) is -0.584. The zero-order valence-electron chi connectivity index (χ0n) is 10.9. The van der Waals surface area contributed by atoms with Crippen molar-refractivity contribution >= 4 is 11.6 Å². The van der Waals surface area contributed by atoms with Crippen molar-refractivity contribution in [2.75, 3.05) is 18.4 Å². The molecule has 3 nitrogen and oxygen atoms in total. The summed E-state index contributed by atoms with van der Waals surface area (Å²) in [4.78, 5) is 12.0. The maximum Gasteiger partial charge on any atom is 0.264 e. The molecule has 20 heavy (non-hydrogen) atoms. The van der Waals surface area contributed by atoms with Crippen LogP contribution in [0.4, 0.5) is 10.1 Å². The molecule has 2 N–H and O–H groups in total. The van der Waals surface area contributed by atoms with E-state index in [1.165, 1.54) is 0 Å². The van der Waals surface area contributed by atoms with Crippen molar-refractivity contribution in [3.8, 4) is 11.1 Å². The Kier molecular flexibility index (Phi) is 3.24. The largest absolute Gasteiger partial charge is 0.323 e. The summed E-state index contributed by atoms with van der Waals surface area (Å²) in [7, 11) is 0. The molecule has 0 aromatic heterocycles. The smallest absolute Gasteiger partial charge is 0.264 e. The van der Waals surface area contributed by atoms with Crippen LogP contribution in [0.25, 0.3) is 11.1 Å². The second-order valence-electron chi connectivity index (χ2n) is 4.93. The molecule has 1 aliphatic heterocycles. The molecule has 1 fully saturated rings. The Hall–Kier alpha value is -2.20. The van der Waals surface area contributed by atoms with E-state index in [9.17, 15) is 9.18 Å². The Bertz CT molecular complexity index is 623. The molecule has 0 bridgehead atoms. The van der Waals surface area contributed by atoms with E-state index in [1.54, 1.807) is 6.07 Å². The zero-order valence-corrected chi connectivity index (χ0v) is 10.9. The number of carbonyl (C=O) groups is 1. The summed E-state index contributed by atoms with van der Waals surface area (Å²) in [6.07, 6.45) is 0. The predicted octanol–water partition coefficient (Wildman–Crippen LogP) is 2.60. The van der Waals surface area contributed by atoms with Crippen LogP contribution in [0, 0.1) is 0 Å². The van der Waals surface area contributed by atoms with Crippen molar-refractivity contribution in [2.24, 2.45) is 0 Å². The lowest BCUT2D eigenvalue weighted by Gasteiger charge is -2.33. The first kappa shape index (κ1) is 12.8. The number of anilines is 1. The van der Waals surface area contributed by atoms with Crippen LogP contribution in [-0.2, 0) is 4.79 Å². The number of carbonyl (C=O) groups excluding carboxylic acids is 1. The van der Waals surface area contributed by atoms with Gasteiger partial charge in [-0.1, -0.05) is 48.5 Å². The fraction of sp³-hybridized carbons (Fsp3) is 0.188. The average molecular weight is 270 g/mol. The van der Waals surface area contributed by atoms with E-state index in [-0.39, 0.29) is 13.1 Å². The van der Waals surface area contributed by atoms with Crippen molar-refractivity contribution in [3.63, 3.8) is 0 Å². The van der Waals surface area contributed by atoms with Crippen LogP contribution >= 0.6 is 0 Å². The Morgan fingerprint density at radius 1 is 1.05 bits per heavy atom. The SMILES string of the molecule is O=C(Nc1ccccc1-c1ccccc1)C1(F)CNC1. The summed E-state index contributed by atoms with van der Waals surface area (Å²) >= 11 is 0. The predicted molar refractivity (Wildman–Crippen MR) is 77.2 cm³/mol. The molecule has 1 amide bonds. The van der Waals surface area contributed by atoms with Gasteiger partial charge >= 0.3 is 0 Å². The molecule has 1 heterocycles. The summed E-state index contributed by atoms with van der Waals surface area (Å²) in [6, 6.07) is 17.1. The highest BCUT2D eigenvalue weighted by Gasteiger charge is 2.44. The van der Waals surface area contributed by atoms with Gasteiger partial charge in [0, 0.05) is 24.3 Å². The molecule has 4 heteroatoms. The molecule has 2 aromatic rings. The zero-order chi connectivity index (χ0) is 14.0. The first-order chi connectivity index (χ1) is 9.69. The molecule has 1 aliphatic rings. The lowest BCUT2D eigenvalue weighted by Crippen LogP contribution is -2.62. The molecule has 0 saturated carbocycles. The Morgan fingerprint density at radius 2 is 1.70 bits per heavy atom. The average Bonchev–Trinajstić information content (AvgIpc) is 2.46. The minimum absolute atomic E-state index is 0.0757. The van der Waals surface area contributed by atoms with Gasteiger partial charge in [0.25, 0.3) is 5.91 Å². The van der Waals surface area contributed by atoms with E-state index >= 15 is 0 Å². The van der Waals surface area contributed by atoms with Crippen LogP contribution in [-0.4, -0.2) is 24.7 Å². The van der Waals surface area contributed by atoms with Crippen LogP contribution in [0.15, 0.2) is 54.6 Å². The van der Waals surface area contributed by atoms with Crippen molar-refractivity contribution in [1.29, 1.82) is 0 Å². The Morgan fingerprint density at radius 3 is 2.35 bits per heavy atom. The quantitative estimate of drug-likeness (QED) is 0.900. The fourth-order valence-corrected chi connectivity index (χ4v) is 2.20. The van der Waals surface area contributed by atoms with Gasteiger partial charge in [-0.05, 0) is 11.6 Å². The first-order valence-corrected chi connectivity index (χ1v) is 6.55. The second kappa shape index (κ2) is 5.06. The maximum absolute atomic E-state index is 14.0. The molecule has 0 unspecified atom stereocenters. The molecule has 2 aromatic carbocycles. The topological polar surface area (TPSA) is 41.1 Å². The van der Waals surface area contributed by atoms with Gasteiger partial charge in [-0.3, -0.25) is 4.79 Å². The van der Waals surface area contributed by atoms with Crippen LogP contribution in [0.1, 0.15) is 0 Å². The normalized spacial score (nSPS) is 16.2. The summed E-state index contributed by atoms with van der Waals surface area (Å²) in [5.41, 5.74) is 0.720. The second-order valence-corrected chi connectivity index (χ2v) is 4.93. The molecule has 3 rings (SSSR count). The third kappa shape index (κ3) is 2.30. The molecule has 0 aliphatic carbocycles. The van der Waals surface area contributed by atoms with Crippen LogP contribution in [0.3, 0.4) is 0 Å². The van der Waals surface area contributed by atoms with Crippen LogP contribution in [0.2, 0.25) is 0 Å². The molecule has 0 radical (unpaired) electrons. The highest BCUT2D eigenvalue weighted by molar-refractivity contribution is 6.01. The van der Waals surface area contributed by atoms with E-state index in [1.807, 2.05) is 48.5 Å². The van der Waals surface area contributed by atoms with E-state index in [2.05, 4.69) is 10.6 Å². The highest BCUT2D eigenvalue weighted by Crippen LogP contribution is 2.29. The monoisotopic (exact) mass is 270 g/mol. The van der Waals surface area contributed by atoms with Gasteiger partial charge in [0.15, 0.2) is 0 Å². The number of alkyl halides is 1. The van der Waals surface area contributed by atoms with Gasteiger partial charge in [0.2, 0.25) is 5.67 Å². The Labute approximate surface area is 116 Å². The highest BCUT2D eigenvalue weighted by atomic mass is 19.1. The number of rotatable bonds is 3. The molecule has 1 saturated heterocycles. The standard InChI is InChI=1S/C16H15FN2O/c17-16(10-18-11-16)15(20)19-14-9-5-4-8-13(14)12-6-2-1-3-7-12/h1-9,18H,10-11H2,(H,19,20). The molecular weight excluding hydrogens is 255 g/mol. The summed E-state index contributed by atoms with van der Waals surface area (Å²) in [5, 5.41) is 5.48.